The molecule has 0 aliphatic heterocycles. The van der Waals surface area contributed by atoms with Gasteiger partial charge >= 0.3 is 0 Å². The lowest BCUT2D eigenvalue weighted by Gasteiger charge is -2.04. The van der Waals surface area contributed by atoms with Crippen LogP contribution in [0.4, 0.5) is 5.69 Å². The minimum atomic E-state index is -0.205. The fraction of sp³-hybridized carbons (Fsp3) is 0.364. The van der Waals surface area contributed by atoms with E-state index in [4.69, 9.17) is 16.1 Å². The van der Waals surface area contributed by atoms with Crippen molar-refractivity contribution < 1.29 is 9.32 Å². The maximum Gasteiger partial charge on any atom is 0.246 e. The lowest BCUT2D eigenvalue weighted by Crippen LogP contribution is -2.19. The van der Waals surface area contributed by atoms with Crippen molar-refractivity contribution in [2.75, 3.05) is 5.32 Å². The molecule has 0 spiro atoms. The summed E-state index contributed by atoms with van der Waals surface area (Å²) in [7, 11) is 0. The van der Waals surface area contributed by atoms with E-state index < -0.39 is 0 Å². The maximum atomic E-state index is 11.8. The lowest BCUT2D eigenvalue weighted by atomic mass is 10.3. The molecule has 96 valence electrons. The molecule has 2 rings (SSSR count). The molecule has 0 aliphatic rings. The van der Waals surface area contributed by atoms with Gasteiger partial charge in [0, 0.05) is 6.20 Å². The summed E-state index contributed by atoms with van der Waals surface area (Å²) in [6, 6.07) is 0. The number of rotatable bonds is 3. The molecule has 0 atom stereocenters. The SMILES string of the molecule is Cc1nn(CC(=O)Nc2c(C)noc2C)cc1Cl. The van der Waals surface area contributed by atoms with Gasteiger partial charge in [-0.15, -0.1) is 0 Å². The number of carbonyl (C=O) groups is 1. The number of anilines is 1. The highest BCUT2D eigenvalue weighted by Crippen LogP contribution is 2.18. The first kappa shape index (κ1) is 12.6. The van der Waals surface area contributed by atoms with E-state index in [2.05, 4.69) is 15.6 Å². The van der Waals surface area contributed by atoms with E-state index >= 15 is 0 Å². The molecule has 18 heavy (non-hydrogen) atoms. The summed E-state index contributed by atoms with van der Waals surface area (Å²) in [6.07, 6.45) is 1.61. The summed E-state index contributed by atoms with van der Waals surface area (Å²) in [5.74, 6) is 0.374. The Labute approximate surface area is 109 Å². The van der Waals surface area contributed by atoms with Crippen LogP contribution in [0.3, 0.4) is 0 Å². The average Bonchev–Trinajstić information content (AvgIpc) is 2.76. The Kier molecular flexibility index (Phi) is 3.38. The molecule has 6 nitrogen and oxygen atoms in total. The van der Waals surface area contributed by atoms with Crippen LogP contribution in [0.25, 0.3) is 0 Å². The molecule has 0 aromatic carbocycles. The first-order valence-corrected chi connectivity index (χ1v) is 5.77. The summed E-state index contributed by atoms with van der Waals surface area (Å²) in [5.41, 5.74) is 1.95. The van der Waals surface area contributed by atoms with Gasteiger partial charge in [0.25, 0.3) is 0 Å². The van der Waals surface area contributed by atoms with E-state index in [1.54, 1.807) is 27.0 Å². The number of halogens is 1. The normalized spacial score (nSPS) is 10.7. The topological polar surface area (TPSA) is 73.0 Å². The van der Waals surface area contributed by atoms with E-state index in [-0.39, 0.29) is 12.5 Å². The lowest BCUT2D eigenvalue weighted by molar-refractivity contribution is -0.116. The van der Waals surface area contributed by atoms with Crippen molar-refractivity contribution in [1.82, 2.24) is 14.9 Å². The largest absolute Gasteiger partial charge is 0.359 e. The van der Waals surface area contributed by atoms with E-state index in [0.717, 1.165) is 0 Å². The Morgan fingerprint density at radius 2 is 2.17 bits per heavy atom. The van der Waals surface area contributed by atoms with E-state index in [9.17, 15) is 4.79 Å². The summed E-state index contributed by atoms with van der Waals surface area (Å²) in [5, 5.41) is 11.1. The van der Waals surface area contributed by atoms with E-state index in [0.29, 0.717) is 27.9 Å². The number of nitrogens with zero attached hydrogens (tertiary/aromatic N) is 3. The van der Waals surface area contributed by atoms with Crippen molar-refractivity contribution in [3.8, 4) is 0 Å². The molecule has 7 heteroatoms. The van der Waals surface area contributed by atoms with E-state index in [1.165, 1.54) is 4.68 Å². The van der Waals surface area contributed by atoms with Crippen LogP contribution in [0.1, 0.15) is 17.1 Å². The van der Waals surface area contributed by atoms with Crippen molar-refractivity contribution in [1.29, 1.82) is 0 Å². The van der Waals surface area contributed by atoms with Gasteiger partial charge in [-0.05, 0) is 20.8 Å². The van der Waals surface area contributed by atoms with Crippen molar-refractivity contribution >= 4 is 23.2 Å². The average molecular weight is 269 g/mol. The Balaban J connectivity index is 2.05. The molecule has 0 bridgehead atoms. The Bertz CT molecular complexity index is 549. The summed E-state index contributed by atoms with van der Waals surface area (Å²) in [4.78, 5) is 11.8. The predicted octanol–water partition coefficient (Wildman–Crippen LogP) is 2.09. The minimum absolute atomic E-state index is 0.0949. The number of aromatic nitrogens is 3. The fourth-order valence-electron chi connectivity index (χ4n) is 1.56. The summed E-state index contributed by atoms with van der Waals surface area (Å²) < 4.78 is 6.45. The van der Waals surface area contributed by atoms with Crippen LogP contribution in [-0.4, -0.2) is 20.8 Å². The van der Waals surface area contributed by atoms with Crippen LogP contribution < -0.4 is 5.32 Å². The number of aryl methyl sites for hydroxylation is 3. The zero-order valence-electron chi connectivity index (χ0n) is 10.3. The third-order valence-corrected chi connectivity index (χ3v) is 2.86. The van der Waals surface area contributed by atoms with Crippen molar-refractivity contribution in [3.05, 3.63) is 28.4 Å². The molecule has 0 saturated heterocycles. The van der Waals surface area contributed by atoms with Crippen LogP contribution in [0, 0.1) is 20.8 Å². The highest BCUT2D eigenvalue weighted by atomic mass is 35.5. The fourth-order valence-corrected chi connectivity index (χ4v) is 1.71. The minimum Gasteiger partial charge on any atom is -0.359 e. The summed E-state index contributed by atoms with van der Waals surface area (Å²) in [6.45, 7) is 5.38. The molecule has 0 aliphatic carbocycles. The van der Waals surface area contributed by atoms with Gasteiger partial charge in [-0.2, -0.15) is 5.10 Å². The highest BCUT2D eigenvalue weighted by molar-refractivity contribution is 6.31. The van der Waals surface area contributed by atoms with Crippen molar-refractivity contribution in [3.63, 3.8) is 0 Å². The van der Waals surface area contributed by atoms with Gasteiger partial charge in [-0.25, -0.2) is 0 Å². The first-order valence-electron chi connectivity index (χ1n) is 5.39. The molecule has 0 radical (unpaired) electrons. The Morgan fingerprint density at radius 1 is 1.44 bits per heavy atom. The van der Waals surface area contributed by atoms with Gasteiger partial charge in [0.1, 0.15) is 17.9 Å². The number of nitrogens with one attached hydrogen (secondary N) is 1. The van der Waals surface area contributed by atoms with Gasteiger partial charge in [0.05, 0.1) is 10.7 Å². The molecule has 2 aromatic rings. The zero-order chi connectivity index (χ0) is 13.3. The molecule has 0 saturated carbocycles. The second kappa shape index (κ2) is 4.81. The molecule has 0 unspecified atom stereocenters. The molecule has 2 aromatic heterocycles. The van der Waals surface area contributed by atoms with Crippen LogP contribution in [-0.2, 0) is 11.3 Å². The smallest absolute Gasteiger partial charge is 0.246 e. The molecule has 1 N–H and O–H groups in total. The third-order valence-electron chi connectivity index (χ3n) is 2.49. The van der Waals surface area contributed by atoms with E-state index in [1.807, 2.05) is 0 Å². The third kappa shape index (κ3) is 2.53. The van der Waals surface area contributed by atoms with Gasteiger partial charge in [0.2, 0.25) is 5.91 Å². The zero-order valence-corrected chi connectivity index (χ0v) is 11.1. The molecule has 1 amide bonds. The van der Waals surface area contributed by atoms with Crippen LogP contribution >= 0.6 is 11.6 Å². The Morgan fingerprint density at radius 3 is 2.67 bits per heavy atom. The molecular formula is C11H13ClN4O2. The number of carbonyl (C=O) groups excluding carboxylic acids is 1. The van der Waals surface area contributed by atoms with Gasteiger partial charge in [0.15, 0.2) is 5.76 Å². The standard InChI is InChI=1S/C11H13ClN4O2/c1-6-9(12)4-16(14-6)5-10(17)13-11-7(2)15-18-8(11)3/h4H,5H2,1-3H3,(H,13,17). The van der Waals surface area contributed by atoms with Gasteiger partial charge < -0.3 is 9.84 Å². The number of hydrogen-bond donors (Lipinski definition) is 1. The van der Waals surface area contributed by atoms with Crippen LogP contribution in [0.2, 0.25) is 5.02 Å². The second-order valence-electron chi connectivity index (χ2n) is 4.01. The quantitative estimate of drug-likeness (QED) is 0.925. The van der Waals surface area contributed by atoms with Crippen molar-refractivity contribution in [2.24, 2.45) is 0 Å². The number of hydrogen-bond acceptors (Lipinski definition) is 4. The van der Waals surface area contributed by atoms with Crippen LogP contribution in [0.15, 0.2) is 10.7 Å². The molecular weight excluding hydrogens is 256 g/mol. The monoisotopic (exact) mass is 268 g/mol. The van der Waals surface area contributed by atoms with Gasteiger partial charge in [-0.3, -0.25) is 9.48 Å². The first-order chi connectivity index (χ1) is 8.47. The van der Waals surface area contributed by atoms with Gasteiger partial charge in [-0.1, -0.05) is 16.8 Å². The summed E-state index contributed by atoms with van der Waals surface area (Å²) >= 11 is 5.87. The number of amides is 1. The highest BCUT2D eigenvalue weighted by Gasteiger charge is 2.13. The molecule has 2 heterocycles. The second-order valence-corrected chi connectivity index (χ2v) is 4.41. The molecule has 0 fully saturated rings. The Hall–Kier alpha value is -1.82. The van der Waals surface area contributed by atoms with Crippen molar-refractivity contribution in [2.45, 2.75) is 27.3 Å². The van der Waals surface area contributed by atoms with Crippen LogP contribution in [0.5, 0.6) is 0 Å². The predicted molar refractivity (Wildman–Crippen MR) is 66.6 cm³/mol. The maximum absolute atomic E-state index is 11.8.